The number of hydrogen-bond acceptors (Lipinski definition) is 7. The Morgan fingerprint density at radius 2 is 1.70 bits per heavy atom. The van der Waals surface area contributed by atoms with Crippen LogP contribution >= 0.6 is 0 Å². The number of methoxy groups -OCH3 is 2. The molecule has 0 aliphatic rings. The number of nitrogens with one attached hydrogen (secondary N) is 2. The monoisotopic (exact) mass is 402 g/mol. The van der Waals surface area contributed by atoms with Gasteiger partial charge in [0.05, 0.1) is 19.1 Å². The van der Waals surface area contributed by atoms with Crippen LogP contribution in [0.2, 0.25) is 0 Å². The van der Waals surface area contributed by atoms with Crippen LogP contribution in [0.3, 0.4) is 0 Å². The van der Waals surface area contributed by atoms with Crippen LogP contribution in [0.1, 0.15) is 20.8 Å². The summed E-state index contributed by atoms with van der Waals surface area (Å²) in [5, 5.41) is 2.68. The molecule has 0 aromatic heterocycles. The van der Waals surface area contributed by atoms with E-state index in [-0.39, 0.29) is 22.6 Å². The summed E-state index contributed by atoms with van der Waals surface area (Å²) in [6.07, 6.45) is 0. The summed E-state index contributed by atoms with van der Waals surface area (Å²) in [5.41, 5.74) is 0. The predicted molar refractivity (Wildman–Crippen MR) is 98.1 cm³/mol. The molecule has 1 amide bonds. The van der Waals surface area contributed by atoms with Crippen molar-refractivity contribution in [3.8, 4) is 11.5 Å². The molecule has 0 unspecified atom stereocenters. The van der Waals surface area contributed by atoms with Crippen molar-refractivity contribution in [2.75, 3.05) is 27.4 Å². The van der Waals surface area contributed by atoms with Gasteiger partial charge in [-0.05, 0) is 25.0 Å². The van der Waals surface area contributed by atoms with Gasteiger partial charge in [0.1, 0.15) is 6.54 Å². The highest BCUT2D eigenvalue weighted by atomic mass is 32.2. The summed E-state index contributed by atoms with van der Waals surface area (Å²) in [6.45, 7) is 4.64. The first-order chi connectivity index (χ1) is 12.6. The molecule has 1 rings (SSSR count). The first-order valence-electron chi connectivity index (χ1n) is 8.27. The molecule has 0 saturated carbocycles. The molecule has 0 bridgehead atoms. The second-order valence-corrected chi connectivity index (χ2v) is 7.87. The lowest BCUT2D eigenvalue weighted by atomic mass is 10.1. The SMILES string of the molecule is COc1ccc(S(=O)(=O)NCC(=O)OCC(=O)N[C@H](C)C(C)C)cc1OC. The van der Waals surface area contributed by atoms with Crippen molar-refractivity contribution in [3.05, 3.63) is 18.2 Å². The molecule has 0 aliphatic heterocycles. The molecule has 0 fully saturated rings. The van der Waals surface area contributed by atoms with Gasteiger partial charge in [-0.3, -0.25) is 9.59 Å². The molecule has 1 aromatic rings. The summed E-state index contributed by atoms with van der Waals surface area (Å²) < 4.78 is 41.5. The maximum Gasteiger partial charge on any atom is 0.321 e. The quantitative estimate of drug-likeness (QED) is 0.552. The number of amides is 1. The minimum Gasteiger partial charge on any atom is -0.493 e. The molecule has 0 spiro atoms. The van der Waals surface area contributed by atoms with Gasteiger partial charge in [-0.2, -0.15) is 4.72 Å². The van der Waals surface area contributed by atoms with Gasteiger partial charge in [0.25, 0.3) is 5.91 Å². The van der Waals surface area contributed by atoms with Crippen molar-refractivity contribution in [3.63, 3.8) is 0 Å². The minimum atomic E-state index is -3.97. The van der Waals surface area contributed by atoms with Gasteiger partial charge in [-0.25, -0.2) is 8.42 Å². The minimum absolute atomic E-state index is 0.0697. The zero-order chi connectivity index (χ0) is 20.6. The van der Waals surface area contributed by atoms with E-state index < -0.39 is 35.1 Å². The van der Waals surface area contributed by atoms with Crippen molar-refractivity contribution >= 4 is 21.9 Å². The van der Waals surface area contributed by atoms with Crippen LogP contribution in [-0.4, -0.2) is 53.7 Å². The first kappa shape index (κ1) is 22.7. The Kier molecular flexibility index (Phi) is 8.51. The van der Waals surface area contributed by atoms with Crippen LogP contribution in [0, 0.1) is 5.92 Å². The average Bonchev–Trinajstić information content (AvgIpc) is 2.63. The number of rotatable bonds is 10. The lowest BCUT2D eigenvalue weighted by molar-refractivity contribution is -0.147. The number of esters is 1. The highest BCUT2D eigenvalue weighted by Gasteiger charge is 2.19. The predicted octanol–water partition coefficient (Wildman–Crippen LogP) is 0.686. The van der Waals surface area contributed by atoms with E-state index >= 15 is 0 Å². The molecule has 9 nitrogen and oxygen atoms in total. The second-order valence-electron chi connectivity index (χ2n) is 6.10. The van der Waals surface area contributed by atoms with E-state index in [0.717, 1.165) is 0 Å². The topological polar surface area (TPSA) is 120 Å². The maximum absolute atomic E-state index is 12.3. The maximum atomic E-state index is 12.3. The third-order valence-corrected chi connectivity index (χ3v) is 5.22. The zero-order valence-electron chi connectivity index (χ0n) is 16.1. The number of benzene rings is 1. The van der Waals surface area contributed by atoms with Gasteiger partial charge in [-0.15, -0.1) is 0 Å². The molecule has 0 saturated heterocycles. The van der Waals surface area contributed by atoms with Gasteiger partial charge >= 0.3 is 5.97 Å². The smallest absolute Gasteiger partial charge is 0.321 e. The number of hydrogen-bond donors (Lipinski definition) is 2. The molecule has 27 heavy (non-hydrogen) atoms. The fourth-order valence-corrected chi connectivity index (χ4v) is 2.86. The van der Waals surface area contributed by atoms with E-state index in [4.69, 9.17) is 14.2 Å². The number of carbonyl (C=O) groups is 2. The lowest BCUT2D eigenvalue weighted by Crippen LogP contribution is -2.39. The zero-order valence-corrected chi connectivity index (χ0v) is 16.9. The van der Waals surface area contributed by atoms with Crippen LogP contribution in [0.15, 0.2) is 23.1 Å². The Bertz CT molecular complexity index is 763. The number of ether oxygens (including phenoxy) is 3. The van der Waals surface area contributed by atoms with Crippen LogP contribution in [-0.2, 0) is 24.3 Å². The van der Waals surface area contributed by atoms with Gasteiger partial charge in [0.15, 0.2) is 18.1 Å². The van der Waals surface area contributed by atoms with Crippen LogP contribution in [0.5, 0.6) is 11.5 Å². The molecule has 0 heterocycles. The number of sulfonamides is 1. The van der Waals surface area contributed by atoms with Crippen molar-refractivity contribution < 1.29 is 32.2 Å². The first-order valence-corrected chi connectivity index (χ1v) is 9.75. The summed E-state index contributed by atoms with van der Waals surface area (Å²) in [6, 6.07) is 3.95. The van der Waals surface area contributed by atoms with Crippen molar-refractivity contribution in [2.45, 2.75) is 31.7 Å². The largest absolute Gasteiger partial charge is 0.493 e. The fraction of sp³-hybridized carbons (Fsp3) is 0.529. The average molecular weight is 402 g/mol. The van der Waals surface area contributed by atoms with E-state index in [9.17, 15) is 18.0 Å². The van der Waals surface area contributed by atoms with Crippen molar-refractivity contribution in [2.24, 2.45) is 5.92 Å². The Morgan fingerprint density at radius 1 is 1.07 bits per heavy atom. The second kappa shape index (κ2) is 10.1. The lowest BCUT2D eigenvalue weighted by Gasteiger charge is -2.17. The van der Waals surface area contributed by atoms with Crippen LogP contribution in [0.25, 0.3) is 0 Å². The summed E-state index contributed by atoms with van der Waals surface area (Å²) in [7, 11) is -1.16. The molecule has 0 radical (unpaired) electrons. The Morgan fingerprint density at radius 3 is 2.26 bits per heavy atom. The van der Waals surface area contributed by atoms with Crippen molar-refractivity contribution in [1.29, 1.82) is 0 Å². The van der Waals surface area contributed by atoms with Crippen LogP contribution in [0.4, 0.5) is 0 Å². The van der Waals surface area contributed by atoms with Gasteiger partial charge in [-0.1, -0.05) is 13.8 Å². The van der Waals surface area contributed by atoms with E-state index in [0.29, 0.717) is 5.75 Å². The summed E-state index contributed by atoms with van der Waals surface area (Å²) in [4.78, 5) is 23.3. The van der Waals surface area contributed by atoms with Gasteiger partial charge < -0.3 is 19.5 Å². The standard InChI is InChI=1S/C17H26N2O7S/c1-11(2)12(3)19-16(20)10-26-17(21)9-18-27(22,23)13-6-7-14(24-4)15(8-13)25-5/h6-8,11-12,18H,9-10H2,1-5H3,(H,19,20)/t12-/m1/s1. The van der Waals surface area contributed by atoms with Crippen LogP contribution < -0.4 is 19.5 Å². The van der Waals surface area contributed by atoms with E-state index in [1.807, 2.05) is 20.8 Å². The molecule has 1 atom stereocenters. The Balaban J connectivity index is 2.58. The number of carbonyl (C=O) groups excluding carboxylic acids is 2. The third kappa shape index (κ3) is 7.06. The van der Waals surface area contributed by atoms with Crippen molar-refractivity contribution in [1.82, 2.24) is 10.0 Å². The van der Waals surface area contributed by atoms with E-state index in [2.05, 4.69) is 10.0 Å². The van der Waals surface area contributed by atoms with Gasteiger partial charge in [0, 0.05) is 12.1 Å². The molecular weight excluding hydrogens is 376 g/mol. The molecule has 10 heteroatoms. The van der Waals surface area contributed by atoms with E-state index in [1.54, 1.807) is 0 Å². The molecule has 0 aliphatic carbocycles. The molecule has 1 aromatic carbocycles. The fourth-order valence-electron chi connectivity index (χ4n) is 1.88. The normalized spacial score (nSPS) is 12.4. The highest BCUT2D eigenvalue weighted by Crippen LogP contribution is 2.29. The van der Waals surface area contributed by atoms with Gasteiger partial charge in [0.2, 0.25) is 10.0 Å². The summed E-state index contributed by atoms with van der Waals surface area (Å²) in [5.74, 6) is -0.479. The Hall–Kier alpha value is -2.33. The highest BCUT2D eigenvalue weighted by molar-refractivity contribution is 7.89. The third-order valence-electron chi connectivity index (χ3n) is 3.82. The summed E-state index contributed by atoms with van der Waals surface area (Å²) >= 11 is 0. The molecule has 152 valence electrons. The Labute approximate surface area is 159 Å². The molecule has 2 N–H and O–H groups in total. The molecular formula is C17H26N2O7S. The van der Waals surface area contributed by atoms with E-state index in [1.165, 1.54) is 32.4 Å².